The van der Waals surface area contributed by atoms with Gasteiger partial charge in [-0.1, -0.05) is 60.3 Å². The fourth-order valence-corrected chi connectivity index (χ4v) is 7.82. The second-order valence-electron chi connectivity index (χ2n) is 11.7. The molecule has 0 aliphatic heterocycles. The topological polar surface area (TPSA) is 54.4 Å². The van der Waals surface area contributed by atoms with Crippen LogP contribution in [0.15, 0.2) is 0 Å². The maximum absolute atomic E-state index is 12.9. The van der Waals surface area contributed by atoms with E-state index in [1.165, 1.54) is 25.7 Å². The van der Waals surface area contributed by atoms with Crippen molar-refractivity contribution in [3.05, 3.63) is 0 Å². The predicted molar refractivity (Wildman–Crippen MR) is 118 cm³/mol. The van der Waals surface area contributed by atoms with Crippen molar-refractivity contribution < 1.29 is 14.7 Å². The van der Waals surface area contributed by atoms with Gasteiger partial charge in [0.15, 0.2) is 0 Å². The third-order valence-corrected chi connectivity index (χ3v) is 9.56. The minimum atomic E-state index is -0.640. The number of carboxylic acid groups (broad SMARTS) is 1. The molecule has 0 radical (unpaired) electrons. The quantitative estimate of drug-likeness (QED) is 0.511. The molecule has 0 aromatic carbocycles. The molecule has 7 atom stereocenters. The Morgan fingerprint density at radius 1 is 1.03 bits per heavy atom. The first kappa shape index (κ1) is 22.8. The van der Waals surface area contributed by atoms with Crippen LogP contribution < -0.4 is 0 Å². The third kappa shape index (κ3) is 4.17. The number of hydrogen-bond donors (Lipinski definition) is 1. The van der Waals surface area contributed by atoms with Gasteiger partial charge in [-0.3, -0.25) is 9.59 Å². The summed E-state index contributed by atoms with van der Waals surface area (Å²) in [4.78, 5) is 25.5. The molecule has 3 aliphatic carbocycles. The van der Waals surface area contributed by atoms with Gasteiger partial charge >= 0.3 is 5.97 Å². The van der Waals surface area contributed by atoms with Crippen LogP contribution in [0.4, 0.5) is 0 Å². The maximum Gasteiger partial charge on any atom is 0.307 e. The molecule has 0 bridgehead atoms. The summed E-state index contributed by atoms with van der Waals surface area (Å²) in [7, 11) is 0. The fourth-order valence-electron chi connectivity index (χ4n) is 7.82. The van der Waals surface area contributed by atoms with Crippen LogP contribution in [0, 0.1) is 46.3 Å². The van der Waals surface area contributed by atoms with Gasteiger partial charge in [-0.25, -0.2) is 0 Å². The van der Waals surface area contributed by atoms with Crippen molar-refractivity contribution >= 4 is 11.8 Å². The number of hydrogen-bond acceptors (Lipinski definition) is 2. The Labute approximate surface area is 178 Å². The van der Waals surface area contributed by atoms with E-state index in [1.54, 1.807) is 0 Å². The number of aliphatic carboxylic acids is 1. The summed E-state index contributed by atoms with van der Waals surface area (Å²) in [5.74, 6) is 1.69. The van der Waals surface area contributed by atoms with E-state index in [0.29, 0.717) is 24.0 Å². The van der Waals surface area contributed by atoms with Crippen molar-refractivity contribution in [1.82, 2.24) is 0 Å². The summed E-state index contributed by atoms with van der Waals surface area (Å²) in [5.41, 5.74) is -0.283. The Morgan fingerprint density at radius 3 is 2.38 bits per heavy atom. The monoisotopic (exact) mass is 404 g/mol. The lowest BCUT2D eigenvalue weighted by atomic mass is 9.50. The van der Waals surface area contributed by atoms with E-state index in [4.69, 9.17) is 0 Å². The Morgan fingerprint density at radius 2 is 1.76 bits per heavy atom. The average molecular weight is 405 g/mol. The molecule has 0 heterocycles. The van der Waals surface area contributed by atoms with E-state index < -0.39 is 11.4 Å². The van der Waals surface area contributed by atoms with Gasteiger partial charge in [-0.15, -0.1) is 0 Å². The summed E-state index contributed by atoms with van der Waals surface area (Å²) in [6.07, 6.45) is 11.7. The van der Waals surface area contributed by atoms with Gasteiger partial charge < -0.3 is 5.11 Å². The molecule has 3 heteroatoms. The Kier molecular flexibility index (Phi) is 6.85. The number of carboxylic acids is 1. The zero-order valence-electron chi connectivity index (χ0n) is 19.5. The van der Waals surface area contributed by atoms with Crippen molar-refractivity contribution in [2.75, 3.05) is 0 Å². The number of rotatable bonds is 7. The molecule has 0 amide bonds. The van der Waals surface area contributed by atoms with E-state index in [2.05, 4.69) is 34.6 Å². The van der Waals surface area contributed by atoms with Crippen LogP contribution in [0.3, 0.4) is 0 Å². The molecular formula is C26H44O3. The Bertz CT molecular complexity index is 611. The highest BCUT2D eigenvalue weighted by molar-refractivity contribution is 5.86. The molecule has 3 fully saturated rings. The molecule has 0 aromatic rings. The lowest BCUT2D eigenvalue weighted by molar-refractivity contribution is -0.161. The number of Topliss-reactive ketones (excluding diaryl/α,β-unsaturated/α-hetero) is 1. The molecule has 3 saturated carbocycles. The van der Waals surface area contributed by atoms with Crippen LogP contribution in [0.25, 0.3) is 0 Å². The molecule has 0 aromatic heterocycles. The molecular weight excluding hydrogens is 360 g/mol. The van der Waals surface area contributed by atoms with Crippen molar-refractivity contribution in [3.8, 4) is 0 Å². The van der Waals surface area contributed by atoms with Crippen LogP contribution in [-0.4, -0.2) is 16.9 Å². The van der Waals surface area contributed by atoms with Crippen molar-refractivity contribution in [2.24, 2.45) is 46.3 Å². The summed E-state index contributed by atoms with van der Waals surface area (Å²) in [5, 5.41) is 10.3. The highest BCUT2D eigenvalue weighted by Crippen LogP contribution is 2.64. The standard InChI is InChI=1S/C26H44O3/c1-17(2)9-8-10-18(3)19-12-13-20-23(24(28)29)21(14-16-25(19,20)4)26(5)15-7-6-11-22(26)27/h17-21,23H,6-16H2,1-5H3,(H,28,29)/t18?,19?,20?,21?,23?,25-,26-/m1/s1. The van der Waals surface area contributed by atoms with E-state index >= 15 is 0 Å². The van der Waals surface area contributed by atoms with Crippen molar-refractivity contribution in [2.45, 2.75) is 105 Å². The van der Waals surface area contributed by atoms with E-state index in [9.17, 15) is 14.7 Å². The van der Waals surface area contributed by atoms with Gasteiger partial charge in [-0.05, 0) is 73.5 Å². The third-order valence-electron chi connectivity index (χ3n) is 9.56. The van der Waals surface area contributed by atoms with E-state index in [-0.39, 0.29) is 23.2 Å². The molecule has 0 saturated heterocycles. The van der Waals surface area contributed by atoms with Gasteiger partial charge in [0, 0.05) is 11.8 Å². The minimum Gasteiger partial charge on any atom is -0.481 e. The second kappa shape index (κ2) is 8.71. The summed E-state index contributed by atoms with van der Waals surface area (Å²) in [6, 6.07) is 0. The summed E-state index contributed by atoms with van der Waals surface area (Å²) >= 11 is 0. The van der Waals surface area contributed by atoms with Crippen LogP contribution >= 0.6 is 0 Å². The zero-order valence-corrected chi connectivity index (χ0v) is 19.5. The maximum atomic E-state index is 12.9. The fraction of sp³-hybridized carbons (Fsp3) is 0.923. The molecule has 29 heavy (non-hydrogen) atoms. The van der Waals surface area contributed by atoms with Gasteiger partial charge in [0.2, 0.25) is 0 Å². The predicted octanol–water partition coefficient (Wildman–Crippen LogP) is 6.74. The summed E-state index contributed by atoms with van der Waals surface area (Å²) < 4.78 is 0. The Balaban J connectivity index is 1.79. The second-order valence-corrected chi connectivity index (χ2v) is 11.7. The average Bonchev–Trinajstić information content (AvgIpc) is 2.99. The molecule has 166 valence electrons. The van der Waals surface area contributed by atoms with Crippen LogP contribution in [0.2, 0.25) is 0 Å². The first-order chi connectivity index (χ1) is 13.6. The van der Waals surface area contributed by atoms with Gasteiger partial charge in [0.25, 0.3) is 0 Å². The molecule has 3 aliphatic rings. The van der Waals surface area contributed by atoms with Crippen LogP contribution in [0.5, 0.6) is 0 Å². The number of carbonyl (C=O) groups is 2. The normalized spacial score (nSPS) is 41.4. The number of carbonyl (C=O) groups excluding carboxylic acids is 1. The SMILES string of the molecule is CC(C)CCCC(C)C1CCC2C(C(=O)O)C([C@@]3(C)CCCCC3=O)CC[C@]12C. The minimum absolute atomic E-state index is 0.0286. The van der Waals surface area contributed by atoms with E-state index in [1.807, 2.05) is 0 Å². The lowest BCUT2D eigenvalue weighted by Crippen LogP contribution is -2.52. The van der Waals surface area contributed by atoms with E-state index in [0.717, 1.165) is 44.4 Å². The van der Waals surface area contributed by atoms with Crippen LogP contribution in [-0.2, 0) is 9.59 Å². The van der Waals surface area contributed by atoms with Gasteiger partial charge in [-0.2, -0.15) is 0 Å². The lowest BCUT2D eigenvalue weighted by Gasteiger charge is -2.53. The summed E-state index contributed by atoms with van der Waals surface area (Å²) in [6.45, 7) is 11.5. The highest BCUT2D eigenvalue weighted by Gasteiger charge is 2.60. The smallest absolute Gasteiger partial charge is 0.307 e. The van der Waals surface area contributed by atoms with Crippen molar-refractivity contribution in [1.29, 1.82) is 0 Å². The highest BCUT2D eigenvalue weighted by atomic mass is 16.4. The zero-order chi connectivity index (χ0) is 21.4. The van der Waals surface area contributed by atoms with Gasteiger partial charge in [0.1, 0.15) is 5.78 Å². The Hall–Kier alpha value is -0.860. The van der Waals surface area contributed by atoms with Gasteiger partial charge in [0.05, 0.1) is 5.92 Å². The first-order valence-corrected chi connectivity index (χ1v) is 12.4. The molecule has 3 rings (SSSR count). The molecule has 0 spiro atoms. The number of fused-ring (bicyclic) bond motifs is 1. The first-order valence-electron chi connectivity index (χ1n) is 12.4. The van der Waals surface area contributed by atoms with Crippen LogP contribution in [0.1, 0.15) is 105 Å². The molecule has 1 N–H and O–H groups in total. The molecule has 3 nitrogen and oxygen atoms in total. The van der Waals surface area contributed by atoms with Crippen molar-refractivity contribution in [3.63, 3.8) is 0 Å². The molecule has 5 unspecified atom stereocenters. The largest absolute Gasteiger partial charge is 0.481 e. The number of ketones is 1.